The van der Waals surface area contributed by atoms with Crippen LogP contribution >= 0.6 is 0 Å². The van der Waals surface area contributed by atoms with Gasteiger partial charge < -0.3 is 10.5 Å². The molecule has 1 saturated carbocycles. The lowest BCUT2D eigenvalue weighted by Crippen LogP contribution is -2.58. The molecule has 0 aromatic carbocycles. The number of carbonyl (C=O) groups excluding carboxylic acids is 1. The van der Waals surface area contributed by atoms with Crippen LogP contribution in [0, 0.1) is 17.8 Å². The van der Waals surface area contributed by atoms with E-state index in [1.807, 2.05) is 12.1 Å². The molecule has 1 amide bonds. The third-order valence-corrected chi connectivity index (χ3v) is 9.55. The minimum Gasteiger partial charge on any atom is -0.481 e. The number of hydrogen-bond donors (Lipinski definition) is 2. The number of halogens is 2. The molecule has 2 aromatic rings. The van der Waals surface area contributed by atoms with Gasteiger partial charge >= 0.3 is 0 Å². The topological polar surface area (TPSA) is 124 Å². The Bertz CT molecular complexity index is 1250. The highest BCUT2D eigenvalue weighted by Gasteiger charge is 2.69. The van der Waals surface area contributed by atoms with E-state index in [9.17, 15) is 13.2 Å². The molecule has 0 spiro atoms. The molecule has 8 nitrogen and oxygen atoms in total. The fraction of sp³-hybridized carbons (Fsp3) is 0.458. The third-order valence-electron chi connectivity index (χ3n) is 7.24. The van der Waals surface area contributed by atoms with Gasteiger partial charge in [-0.1, -0.05) is 19.1 Å². The molecule has 2 fully saturated rings. The highest BCUT2D eigenvalue weighted by atomic mass is 32.2. The van der Waals surface area contributed by atoms with Gasteiger partial charge in [-0.3, -0.25) is 9.78 Å². The van der Waals surface area contributed by atoms with Crippen molar-refractivity contribution in [2.24, 2.45) is 23.5 Å². The van der Waals surface area contributed by atoms with Crippen molar-refractivity contribution in [3.8, 4) is 17.0 Å². The Morgan fingerprint density at radius 2 is 2.03 bits per heavy atom. The normalized spacial score (nSPS) is 31.2. The second-order valence-electron chi connectivity index (χ2n) is 9.34. The lowest BCUT2D eigenvalue weighted by Gasteiger charge is -2.48. The number of hydrogen-bond acceptors (Lipinski definition) is 6. The van der Waals surface area contributed by atoms with E-state index in [1.165, 1.54) is 14.0 Å². The molecule has 5 atom stereocenters. The Morgan fingerprint density at radius 3 is 2.66 bits per heavy atom. The van der Waals surface area contributed by atoms with Crippen molar-refractivity contribution in [2.75, 3.05) is 7.11 Å². The Balaban J connectivity index is 1.69. The smallest absolute Gasteiger partial charge is 0.252 e. The average Bonchev–Trinajstić information content (AvgIpc) is 2.97. The third kappa shape index (κ3) is 4.31. The molecule has 35 heavy (non-hydrogen) atoms. The van der Waals surface area contributed by atoms with E-state index in [4.69, 9.17) is 10.5 Å². The van der Waals surface area contributed by atoms with Crippen molar-refractivity contribution in [2.45, 2.75) is 43.4 Å². The first-order valence-corrected chi connectivity index (χ1v) is 12.7. The van der Waals surface area contributed by atoms with Crippen LogP contribution in [0.5, 0.6) is 5.88 Å². The van der Waals surface area contributed by atoms with Gasteiger partial charge in [0.15, 0.2) is 0 Å². The summed E-state index contributed by atoms with van der Waals surface area (Å²) in [6, 6.07) is 6.53. The highest BCUT2D eigenvalue weighted by molar-refractivity contribution is 7.91. The second-order valence-corrected chi connectivity index (χ2v) is 11.4. The number of allylic oxidation sites excluding steroid dienone is 1. The van der Waals surface area contributed by atoms with E-state index in [2.05, 4.69) is 14.7 Å². The molecule has 1 saturated heterocycles. The number of ether oxygens (including phenoxy) is 1. The number of fused-ring (bicyclic) bond motifs is 1. The van der Waals surface area contributed by atoms with E-state index in [1.54, 1.807) is 43.6 Å². The summed E-state index contributed by atoms with van der Waals surface area (Å²) in [6.07, 6.45) is 4.83. The van der Waals surface area contributed by atoms with Crippen LogP contribution in [-0.4, -0.2) is 48.1 Å². The number of alkyl halides is 2. The van der Waals surface area contributed by atoms with E-state index < -0.39 is 63.2 Å². The Hall–Kier alpha value is -2.92. The standard InChI is InChI=1S/C24H28F2N4O4S/c1-14-18(9-8-17-7-6-16(12-29-17)19-5-4-10-28-22(19)34-3)21-15(2)30-35(32,33)23(21,11-20(27)31)13-24(14,25)26/h4-10,12,14-15,18,21,30H,11,13H2,1-3H3,(H2,27,31)/b9-8+/t14-,15+,18-,21-,23-/m0/s1. The number of rotatable bonds is 6. The van der Waals surface area contributed by atoms with Gasteiger partial charge in [0.25, 0.3) is 5.92 Å². The average molecular weight is 507 g/mol. The minimum atomic E-state index is -4.20. The second kappa shape index (κ2) is 8.94. The number of pyridine rings is 2. The first-order valence-electron chi connectivity index (χ1n) is 11.2. The molecule has 4 rings (SSSR count). The van der Waals surface area contributed by atoms with Crippen LogP contribution in [0.3, 0.4) is 0 Å². The Morgan fingerprint density at radius 1 is 1.29 bits per heavy atom. The molecule has 188 valence electrons. The molecule has 11 heteroatoms. The Labute approximate surface area is 203 Å². The summed E-state index contributed by atoms with van der Waals surface area (Å²) >= 11 is 0. The van der Waals surface area contributed by atoms with Crippen molar-refractivity contribution < 1.29 is 26.7 Å². The highest BCUT2D eigenvalue weighted by Crippen LogP contribution is 2.58. The first kappa shape index (κ1) is 25.2. The number of nitrogens with one attached hydrogen (secondary N) is 1. The molecular formula is C24H28F2N4O4S. The van der Waals surface area contributed by atoms with Crippen LogP contribution in [0.1, 0.15) is 32.4 Å². The SMILES string of the molecule is COc1ncccc1-c1ccc(/C=C/[C@@H]2[C@@H]3[C@@H](C)NS(=O)(=O)[C@@]3(CC(N)=O)CC(F)(F)[C@H]2C)nc1. The zero-order valence-electron chi connectivity index (χ0n) is 19.6. The van der Waals surface area contributed by atoms with Crippen LogP contribution in [0.4, 0.5) is 8.78 Å². The number of aromatic nitrogens is 2. The molecule has 0 radical (unpaired) electrons. The summed E-state index contributed by atoms with van der Waals surface area (Å²) in [5.74, 6) is -6.53. The fourth-order valence-electron chi connectivity index (χ4n) is 5.62. The number of methoxy groups -OCH3 is 1. The number of primary amides is 1. The van der Waals surface area contributed by atoms with Crippen LogP contribution in [0.2, 0.25) is 0 Å². The lowest BCUT2D eigenvalue weighted by molar-refractivity contribution is -0.133. The van der Waals surface area contributed by atoms with Crippen molar-refractivity contribution in [3.63, 3.8) is 0 Å². The summed E-state index contributed by atoms with van der Waals surface area (Å²) in [4.78, 5) is 20.4. The first-order chi connectivity index (χ1) is 16.4. The summed E-state index contributed by atoms with van der Waals surface area (Å²) in [5, 5.41) is 0. The van der Waals surface area contributed by atoms with Crippen molar-refractivity contribution >= 4 is 22.0 Å². The van der Waals surface area contributed by atoms with Gasteiger partial charge in [-0.05, 0) is 37.1 Å². The van der Waals surface area contributed by atoms with E-state index in [0.29, 0.717) is 11.6 Å². The molecule has 3 heterocycles. The van der Waals surface area contributed by atoms with E-state index >= 15 is 8.78 Å². The zero-order chi connectivity index (χ0) is 25.6. The van der Waals surface area contributed by atoms with Gasteiger partial charge in [0.05, 0.1) is 12.8 Å². The Kier molecular flexibility index (Phi) is 6.43. The fourth-order valence-corrected chi connectivity index (χ4v) is 7.93. The van der Waals surface area contributed by atoms with Crippen molar-refractivity contribution in [3.05, 3.63) is 48.4 Å². The number of sulfonamides is 1. The summed E-state index contributed by atoms with van der Waals surface area (Å²) in [5.41, 5.74) is 7.38. The van der Waals surface area contributed by atoms with Gasteiger partial charge in [-0.25, -0.2) is 26.9 Å². The predicted octanol–water partition coefficient (Wildman–Crippen LogP) is 3.01. The minimum absolute atomic E-state index is 0.450. The molecular weight excluding hydrogens is 478 g/mol. The van der Waals surface area contributed by atoms with Gasteiger partial charge in [0.2, 0.25) is 21.8 Å². The van der Waals surface area contributed by atoms with Crippen molar-refractivity contribution in [1.29, 1.82) is 0 Å². The number of nitrogens with two attached hydrogens (primary N) is 1. The molecule has 1 aliphatic carbocycles. The largest absolute Gasteiger partial charge is 0.481 e. The van der Waals surface area contributed by atoms with Gasteiger partial charge in [0, 0.05) is 54.2 Å². The van der Waals surface area contributed by atoms with Crippen LogP contribution in [0.25, 0.3) is 17.2 Å². The van der Waals surface area contributed by atoms with Crippen molar-refractivity contribution in [1.82, 2.24) is 14.7 Å². The summed E-state index contributed by atoms with van der Waals surface area (Å²) < 4.78 is 62.1. The molecule has 1 aliphatic heterocycles. The van der Waals surface area contributed by atoms with Gasteiger partial charge in [0.1, 0.15) is 4.75 Å². The number of carbonyl (C=O) groups is 1. The summed E-state index contributed by atoms with van der Waals surface area (Å²) in [6.45, 7) is 3.04. The number of nitrogens with zero attached hydrogens (tertiary/aromatic N) is 2. The quantitative estimate of drug-likeness (QED) is 0.621. The van der Waals surface area contributed by atoms with E-state index in [0.717, 1.165) is 11.1 Å². The van der Waals surface area contributed by atoms with Crippen LogP contribution < -0.4 is 15.2 Å². The maximum Gasteiger partial charge on any atom is 0.252 e. The number of amides is 1. The molecule has 2 aromatic heterocycles. The molecule has 0 unspecified atom stereocenters. The van der Waals surface area contributed by atoms with Crippen LogP contribution in [-0.2, 0) is 14.8 Å². The molecule has 3 N–H and O–H groups in total. The van der Waals surface area contributed by atoms with E-state index in [-0.39, 0.29) is 0 Å². The summed E-state index contributed by atoms with van der Waals surface area (Å²) in [7, 11) is -2.68. The maximum atomic E-state index is 15.2. The zero-order valence-corrected chi connectivity index (χ0v) is 20.4. The lowest BCUT2D eigenvalue weighted by atomic mass is 9.61. The van der Waals surface area contributed by atoms with Crippen LogP contribution in [0.15, 0.2) is 42.7 Å². The maximum absolute atomic E-state index is 15.2. The molecule has 0 bridgehead atoms. The van der Waals surface area contributed by atoms with Gasteiger partial charge in [-0.15, -0.1) is 0 Å². The molecule has 2 aliphatic rings. The predicted molar refractivity (Wildman–Crippen MR) is 127 cm³/mol. The van der Waals surface area contributed by atoms with Gasteiger partial charge in [-0.2, -0.15) is 0 Å². The monoisotopic (exact) mass is 506 g/mol.